The molecule has 0 bridgehead atoms. The number of anilines is 1. The molecule has 240 valence electrons. The number of halogens is 1. The molecular formula is C33H41FN6O5. The van der Waals surface area contributed by atoms with Gasteiger partial charge >= 0.3 is 6.09 Å². The van der Waals surface area contributed by atoms with Crippen molar-refractivity contribution in [2.45, 2.75) is 45.3 Å². The maximum Gasteiger partial charge on any atom is 0.407 e. The van der Waals surface area contributed by atoms with Gasteiger partial charge in [0.1, 0.15) is 22.4 Å². The molecule has 0 radical (unpaired) electrons. The van der Waals surface area contributed by atoms with Crippen LogP contribution in [0.4, 0.5) is 14.9 Å². The molecule has 2 amide bonds. The van der Waals surface area contributed by atoms with Crippen LogP contribution in [-0.2, 0) is 4.74 Å². The Bertz CT molecular complexity index is 1680. The largest absolute Gasteiger partial charge is 0.451 e. The third-order valence-electron chi connectivity index (χ3n) is 8.51. The molecule has 1 atom stereocenters. The van der Waals surface area contributed by atoms with E-state index in [1.807, 2.05) is 18.2 Å². The van der Waals surface area contributed by atoms with Crippen molar-refractivity contribution in [1.82, 2.24) is 24.6 Å². The van der Waals surface area contributed by atoms with Gasteiger partial charge in [0, 0.05) is 52.0 Å². The van der Waals surface area contributed by atoms with E-state index in [4.69, 9.17) is 9.47 Å². The van der Waals surface area contributed by atoms with Crippen molar-refractivity contribution in [2.75, 3.05) is 64.7 Å². The monoisotopic (exact) mass is 620 g/mol. The van der Waals surface area contributed by atoms with Crippen LogP contribution in [0.3, 0.4) is 0 Å². The van der Waals surface area contributed by atoms with Crippen molar-refractivity contribution >= 4 is 28.6 Å². The van der Waals surface area contributed by atoms with Crippen molar-refractivity contribution < 1.29 is 23.5 Å². The van der Waals surface area contributed by atoms with Crippen molar-refractivity contribution in [2.24, 2.45) is 0 Å². The first kappa shape index (κ1) is 30.8. The molecule has 11 nitrogen and oxygen atoms in total. The minimum Gasteiger partial charge on any atom is -0.451 e. The lowest BCUT2D eigenvalue weighted by Gasteiger charge is -2.32. The molecule has 3 aromatic rings. The van der Waals surface area contributed by atoms with Crippen LogP contribution in [0.2, 0.25) is 0 Å². The van der Waals surface area contributed by atoms with Crippen LogP contribution in [0.25, 0.3) is 16.6 Å². The molecule has 4 heterocycles. The molecule has 12 heteroatoms. The zero-order valence-electron chi connectivity index (χ0n) is 26.3. The van der Waals surface area contributed by atoms with Gasteiger partial charge in [-0.25, -0.2) is 9.18 Å². The van der Waals surface area contributed by atoms with Crippen molar-refractivity contribution in [3.05, 3.63) is 58.1 Å². The lowest BCUT2D eigenvalue weighted by molar-refractivity contribution is 0.0502. The van der Waals surface area contributed by atoms with Gasteiger partial charge in [0.15, 0.2) is 17.3 Å². The van der Waals surface area contributed by atoms with Crippen molar-refractivity contribution in [3.63, 3.8) is 0 Å². The molecule has 2 saturated heterocycles. The molecule has 2 N–H and O–H groups in total. The minimum atomic E-state index is -0.645. The van der Waals surface area contributed by atoms with E-state index in [-0.39, 0.29) is 35.0 Å². The predicted octanol–water partition coefficient (Wildman–Crippen LogP) is 4.02. The van der Waals surface area contributed by atoms with E-state index in [0.717, 1.165) is 39.1 Å². The summed E-state index contributed by atoms with van der Waals surface area (Å²) in [6, 6.07) is 8.16. The quantitative estimate of drug-likeness (QED) is 0.299. The topological polar surface area (TPSA) is 108 Å². The van der Waals surface area contributed by atoms with Crippen LogP contribution in [-0.4, -0.2) is 102 Å². The second-order valence-electron chi connectivity index (χ2n) is 13.1. The Labute approximate surface area is 261 Å². The summed E-state index contributed by atoms with van der Waals surface area (Å²) in [5, 5.41) is 6.10. The summed E-state index contributed by atoms with van der Waals surface area (Å²) in [4.78, 5) is 46.1. The van der Waals surface area contributed by atoms with E-state index in [0.29, 0.717) is 36.5 Å². The number of hydrogen-bond acceptors (Lipinski definition) is 8. The number of carbonyl (C=O) groups excluding carboxylic acids is 2. The number of aromatic nitrogens is 1. The first-order chi connectivity index (χ1) is 21.5. The lowest BCUT2D eigenvalue weighted by atomic mass is 10.1. The normalized spacial score (nSPS) is 18.4. The zero-order valence-corrected chi connectivity index (χ0v) is 26.3. The number of nitrogens with one attached hydrogen (secondary N) is 2. The van der Waals surface area contributed by atoms with Gasteiger partial charge in [-0.3, -0.25) is 9.59 Å². The number of carbonyl (C=O) groups is 2. The van der Waals surface area contributed by atoms with Crippen molar-refractivity contribution in [3.8, 4) is 17.2 Å². The minimum absolute atomic E-state index is 0.0634. The Morgan fingerprint density at radius 1 is 1.11 bits per heavy atom. The molecule has 3 aliphatic rings. The molecule has 0 aliphatic carbocycles. The van der Waals surface area contributed by atoms with Crippen LogP contribution in [0.15, 0.2) is 41.3 Å². The predicted molar refractivity (Wildman–Crippen MR) is 170 cm³/mol. The Kier molecular flexibility index (Phi) is 8.45. The number of para-hydroxylation sites is 2. The highest BCUT2D eigenvalue weighted by atomic mass is 19.1. The third-order valence-corrected chi connectivity index (χ3v) is 8.51. The maximum atomic E-state index is 15.8. The fourth-order valence-corrected chi connectivity index (χ4v) is 6.18. The summed E-state index contributed by atoms with van der Waals surface area (Å²) in [6.45, 7) is 11.4. The summed E-state index contributed by atoms with van der Waals surface area (Å²) >= 11 is 0. The van der Waals surface area contributed by atoms with Crippen molar-refractivity contribution in [1.29, 1.82) is 0 Å². The SMILES string of the molecule is CN1CCN(CCCNc2c(F)cc3c(=O)c(C(=O)N4CCC(NC(=O)OC(C)(C)C)C4)cn4c3c2Oc2ccccc2-4)CC1. The first-order valence-electron chi connectivity index (χ1n) is 15.6. The number of benzene rings is 2. The molecule has 2 fully saturated rings. The number of alkyl carbamates (subject to hydrolysis) is 1. The molecule has 2 aromatic carbocycles. The lowest BCUT2D eigenvalue weighted by Crippen LogP contribution is -2.44. The van der Waals surface area contributed by atoms with Gasteiger partial charge in [-0.2, -0.15) is 0 Å². The number of likely N-dealkylation sites (tertiary alicyclic amines) is 1. The fourth-order valence-electron chi connectivity index (χ4n) is 6.18. The molecule has 6 rings (SSSR count). The summed E-state index contributed by atoms with van der Waals surface area (Å²) in [5.74, 6) is -0.381. The van der Waals surface area contributed by atoms with Gasteiger partial charge in [-0.15, -0.1) is 0 Å². The number of amides is 2. The number of hydrogen-bond donors (Lipinski definition) is 2. The van der Waals surface area contributed by atoms with E-state index >= 15 is 4.39 Å². The Morgan fingerprint density at radius 2 is 1.87 bits per heavy atom. The Hall–Kier alpha value is -4.16. The molecule has 0 saturated carbocycles. The number of fused-ring (bicyclic) bond motifs is 2. The van der Waals surface area contributed by atoms with E-state index < -0.39 is 28.8 Å². The summed E-state index contributed by atoms with van der Waals surface area (Å²) in [5.41, 5.74) is -0.0483. The van der Waals surface area contributed by atoms with E-state index in [9.17, 15) is 14.4 Å². The molecule has 45 heavy (non-hydrogen) atoms. The number of likely N-dealkylation sites (N-methyl/N-ethyl adjacent to an activating group) is 1. The zero-order chi connectivity index (χ0) is 31.9. The Balaban J connectivity index is 1.27. The summed E-state index contributed by atoms with van der Waals surface area (Å²) in [7, 11) is 2.12. The highest BCUT2D eigenvalue weighted by molar-refractivity contribution is 6.01. The smallest absolute Gasteiger partial charge is 0.407 e. The summed E-state index contributed by atoms with van der Waals surface area (Å²) in [6.07, 6.45) is 2.31. The number of nitrogens with zero attached hydrogens (tertiary/aromatic N) is 4. The third kappa shape index (κ3) is 6.48. The number of pyridine rings is 1. The van der Waals surface area contributed by atoms with Gasteiger partial charge in [0.25, 0.3) is 5.91 Å². The maximum absolute atomic E-state index is 15.8. The average molecular weight is 621 g/mol. The first-order valence-corrected chi connectivity index (χ1v) is 15.6. The highest BCUT2D eigenvalue weighted by Crippen LogP contribution is 2.45. The molecule has 3 aliphatic heterocycles. The second-order valence-corrected chi connectivity index (χ2v) is 13.1. The van der Waals surface area contributed by atoms with E-state index in [1.165, 1.54) is 17.2 Å². The highest BCUT2D eigenvalue weighted by Gasteiger charge is 2.33. The van der Waals surface area contributed by atoms with Gasteiger partial charge in [-0.1, -0.05) is 12.1 Å². The molecule has 1 aromatic heterocycles. The molecule has 1 unspecified atom stereocenters. The van der Waals surface area contributed by atoms with Gasteiger partial charge < -0.3 is 39.4 Å². The van der Waals surface area contributed by atoms with E-state index in [1.54, 1.807) is 31.4 Å². The standard InChI is InChI=1S/C33H41FN6O5/c1-33(2,3)45-32(43)36-21-10-13-39(19-21)31(42)23-20-40-25-8-5-6-9-26(25)44-30-27(24(34)18-22(28(30)40)29(23)41)35-11-7-12-38-16-14-37(4)15-17-38/h5-6,8-9,18,20-21,35H,7,10-17,19H2,1-4H3,(H,36,43). The van der Waals surface area contributed by atoms with Crippen LogP contribution >= 0.6 is 0 Å². The average Bonchev–Trinajstić information content (AvgIpc) is 3.45. The van der Waals surface area contributed by atoms with E-state index in [2.05, 4.69) is 27.5 Å². The fraction of sp³-hybridized carbons (Fsp3) is 0.485. The van der Waals surface area contributed by atoms with Gasteiger partial charge in [0.2, 0.25) is 5.43 Å². The number of piperazine rings is 1. The van der Waals surface area contributed by atoms with Crippen LogP contribution in [0.1, 0.15) is 44.0 Å². The van der Waals surface area contributed by atoms with Crippen LogP contribution in [0.5, 0.6) is 11.5 Å². The van der Waals surface area contributed by atoms with Crippen LogP contribution < -0.4 is 20.8 Å². The number of rotatable bonds is 7. The summed E-state index contributed by atoms with van der Waals surface area (Å²) < 4.78 is 29.1. The molecular weight excluding hydrogens is 579 g/mol. The molecule has 0 spiro atoms. The van der Waals surface area contributed by atoms with Gasteiger partial charge in [0.05, 0.1) is 17.1 Å². The van der Waals surface area contributed by atoms with Gasteiger partial charge in [-0.05, 0) is 65.4 Å². The van der Waals surface area contributed by atoms with Crippen LogP contribution in [0, 0.1) is 5.82 Å². The number of ether oxygens (including phenoxy) is 2. The Morgan fingerprint density at radius 3 is 2.62 bits per heavy atom. The second kappa shape index (κ2) is 12.3.